The summed E-state index contributed by atoms with van der Waals surface area (Å²) in [6.45, 7) is 0.534. The lowest BCUT2D eigenvalue weighted by molar-refractivity contribution is -0.144. The number of rotatable bonds is 8. The Balaban J connectivity index is 2.03. The molecule has 27 heavy (non-hydrogen) atoms. The largest absolute Gasteiger partial charge is 0.496 e. The van der Waals surface area contributed by atoms with Gasteiger partial charge in [-0.1, -0.05) is 0 Å². The molecule has 1 unspecified atom stereocenters. The van der Waals surface area contributed by atoms with Crippen molar-refractivity contribution in [3.05, 3.63) is 83.8 Å². The number of carbonyl (C=O) groups is 1. The quantitative estimate of drug-likeness (QED) is 0.652. The molecule has 0 radical (unpaired) electrons. The van der Waals surface area contributed by atoms with Gasteiger partial charge >= 0.3 is 5.97 Å². The Labute approximate surface area is 155 Å². The van der Waals surface area contributed by atoms with E-state index < -0.39 is 17.8 Å². The molecule has 3 aromatic rings. The van der Waals surface area contributed by atoms with Crippen molar-refractivity contribution in [2.24, 2.45) is 0 Å². The van der Waals surface area contributed by atoms with Crippen molar-refractivity contribution in [3.8, 4) is 5.75 Å². The standard InChI is InChI=1S/C20H19FN2O4/c1-26-18-5-4-15(21)11-17(18)19(20(24)25)23(13-16-3-2-10-27-16)12-14-6-8-22-9-7-14/h2-11,19H,12-13H2,1H3,(H,24,25). The zero-order valence-corrected chi connectivity index (χ0v) is 14.7. The van der Waals surface area contributed by atoms with E-state index in [9.17, 15) is 14.3 Å². The Bertz CT molecular complexity index is 884. The van der Waals surface area contributed by atoms with Gasteiger partial charge in [-0.15, -0.1) is 0 Å². The average molecular weight is 370 g/mol. The molecule has 0 aliphatic rings. The second kappa shape index (κ2) is 8.46. The first-order chi connectivity index (χ1) is 13.1. The first-order valence-corrected chi connectivity index (χ1v) is 8.30. The molecule has 1 aromatic carbocycles. The van der Waals surface area contributed by atoms with E-state index in [4.69, 9.17) is 9.15 Å². The maximum absolute atomic E-state index is 13.9. The summed E-state index contributed by atoms with van der Waals surface area (Å²) in [7, 11) is 1.43. The fraction of sp³-hybridized carbons (Fsp3) is 0.200. The van der Waals surface area contributed by atoms with E-state index in [1.165, 1.54) is 31.6 Å². The molecule has 0 aliphatic heterocycles. The van der Waals surface area contributed by atoms with Crippen LogP contribution in [0.4, 0.5) is 4.39 Å². The monoisotopic (exact) mass is 370 g/mol. The number of aliphatic carboxylic acids is 1. The van der Waals surface area contributed by atoms with E-state index in [-0.39, 0.29) is 12.1 Å². The highest BCUT2D eigenvalue weighted by atomic mass is 19.1. The van der Waals surface area contributed by atoms with Gasteiger partial charge in [-0.25, -0.2) is 4.39 Å². The van der Waals surface area contributed by atoms with Crippen LogP contribution < -0.4 is 4.74 Å². The van der Waals surface area contributed by atoms with Crippen LogP contribution in [0.15, 0.2) is 65.5 Å². The smallest absolute Gasteiger partial charge is 0.325 e. The third-order valence-corrected chi connectivity index (χ3v) is 4.16. The van der Waals surface area contributed by atoms with Crippen LogP contribution in [-0.4, -0.2) is 28.1 Å². The SMILES string of the molecule is COc1ccc(F)cc1C(C(=O)O)N(Cc1ccncc1)Cc1ccco1. The van der Waals surface area contributed by atoms with Crippen LogP contribution in [0.25, 0.3) is 0 Å². The Morgan fingerprint density at radius 2 is 2.04 bits per heavy atom. The average Bonchev–Trinajstić information content (AvgIpc) is 3.16. The van der Waals surface area contributed by atoms with Gasteiger partial charge in [0.25, 0.3) is 0 Å². The van der Waals surface area contributed by atoms with Crippen LogP contribution in [-0.2, 0) is 17.9 Å². The number of ether oxygens (including phenoxy) is 1. The first-order valence-electron chi connectivity index (χ1n) is 8.30. The minimum atomic E-state index is -1.13. The molecular weight excluding hydrogens is 351 g/mol. The zero-order chi connectivity index (χ0) is 19.2. The Kier molecular flexibility index (Phi) is 5.83. The molecule has 140 valence electrons. The van der Waals surface area contributed by atoms with Gasteiger partial charge < -0.3 is 14.3 Å². The molecule has 6 nitrogen and oxygen atoms in total. The molecule has 0 fully saturated rings. The van der Waals surface area contributed by atoms with Crippen LogP contribution in [0.3, 0.4) is 0 Å². The van der Waals surface area contributed by atoms with Crippen molar-refractivity contribution in [3.63, 3.8) is 0 Å². The van der Waals surface area contributed by atoms with Crippen LogP contribution in [0, 0.1) is 5.82 Å². The lowest BCUT2D eigenvalue weighted by atomic mass is 10.0. The minimum absolute atomic E-state index is 0.228. The molecule has 0 saturated heterocycles. The number of carboxylic acids is 1. The zero-order valence-electron chi connectivity index (χ0n) is 14.7. The maximum Gasteiger partial charge on any atom is 0.325 e. The van der Waals surface area contributed by atoms with Gasteiger partial charge in [0.15, 0.2) is 0 Å². The van der Waals surface area contributed by atoms with Crippen molar-refractivity contribution >= 4 is 5.97 Å². The number of methoxy groups -OCH3 is 1. The number of carboxylic acid groups (broad SMARTS) is 1. The minimum Gasteiger partial charge on any atom is -0.496 e. The second-order valence-corrected chi connectivity index (χ2v) is 5.97. The fourth-order valence-electron chi connectivity index (χ4n) is 2.97. The Hall–Kier alpha value is -3.19. The molecule has 3 rings (SSSR count). The van der Waals surface area contributed by atoms with Gasteiger partial charge in [0.2, 0.25) is 0 Å². The molecule has 2 heterocycles. The third-order valence-electron chi connectivity index (χ3n) is 4.16. The highest BCUT2D eigenvalue weighted by Gasteiger charge is 2.31. The van der Waals surface area contributed by atoms with E-state index >= 15 is 0 Å². The van der Waals surface area contributed by atoms with Crippen molar-refractivity contribution < 1.29 is 23.4 Å². The molecule has 0 aliphatic carbocycles. The van der Waals surface area contributed by atoms with E-state index in [1.807, 2.05) is 0 Å². The molecule has 1 atom stereocenters. The summed E-state index contributed by atoms with van der Waals surface area (Å²) in [4.78, 5) is 17.8. The van der Waals surface area contributed by atoms with Gasteiger partial charge in [-0.3, -0.25) is 14.7 Å². The molecule has 0 spiro atoms. The number of pyridine rings is 1. The molecule has 0 saturated carbocycles. The predicted octanol–water partition coefficient (Wildman–Crippen LogP) is 3.65. The number of hydrogen-bond acceptors (Lipinski definition) is 5. The number of aromatic nitrogens is 1. The van der Waals surface area contributed by atoms with Gasteiger partial charge in [0.1, 0.15) is 23.4 Å². The summed E-state index contributed by atoms with van der Waals surface area (Å²) in [5.41, 5.74) is 1.11. The molecule has 0 amide bonds. The highest BCUT2D eigenvalue weighted by Crippen LogP contribution is 2.32. The number of nitrogens with zero attached hydrogens (tertiary/aromatic N) is 2. The fourth-order valence-corrected chi connectivity index (χ4v) is 2.97. The highest BCUT2D eigenvalue weighted by molar-refractivity contribution is 5.76. The molecule has 1 N–H and O–H groups in total. The summed E-state index contributed by atoms with van der Waals surface area (Å²) in [5.74, 6) is -0.730. The summed E-state index contributed by atoms with van der Waals surface area (Å²) >= 11 is 0. The van der Waals surface area contributed by atoms with Crippen LogP contribution in [0.2, 0.25) is 0 Å². The van der Waals surface area contributed by atoms with Crippen molar-refractivity contribution in [2.45, 2.75) is 19.1 Å². The predicted molar refractivity (Wildman–Crippen MR) is 95.5 cm³/mol. The van der Waals surface area contributed by atoms with Crippen LogP contribution >= 0.6 is 0 Å². The normalized spacial score (nSPS) is 12.1. The lowest BCUT2D eigenvalue weighted by Crippen LogP contribution is -2.33. The van der Waals surface area contributed by atoms with Gasteiger partial charge in [0, 0.05) is 24.5 Å². The van der Waals surface area contributed by atoms with Crippen LogP contribution in [0.1, 0.15) is 22.9 Å². The summed E-state index contributed by atoms with van der Waals surface area (Å²) in [5, 5.41) is 9.95. The Morgan fingerprint density at radius 1 is 1.26 bits per heavy atom. The third kappa shape index (κ3) is 4.51. The number of furan rings is 1. The van der Waals surface area contributed by atoms with E-state index in [1.54, 1.807) is 41.6 Å². The van der Waals surface area contributed by atoms with E-state index in [0.717, 1.165) is 5.56 Å². The summed E-state index contributed by atoms with van der Waals surface area (Å²) in [6, 6.07) is 9.83. The lowest BCUT2D eigenvalue weighted by Gasteiger charge is -2.29. The maximum atomic E-state index is 13.9. The van der Waals surface area contributed by atoms with Crippen molar-refractivity contribution in [2.75, 3.05) is 7.11 Å². The van der Waals surface area contributed by atoms with Gasteiger partial charge in [-0.2, -0.15) is 0 Å². The van der Waals surface area contributed by atoms with Crippen LogP contribution in [0.5, 0.6) is 5.75 Å². The second-order valence-electron chi connectivity index (χ2n) is 5.97. The van der Waals surface area contributed by atoms with Gasteiger partial charge in [0.05, 0.1) is 19.9 Å². The number of halogens is 1. The molecule has 0 bridgehead atoms. The number of benzene rings is 1. The van der Waals surface area contributed by atoms with Crippen molar-refractivity contribution in [1.82, 2.24) is 9.88 Å². The van der Waals surface area contributed by atoms with Gasteiger partial charge in [-0.05, 0) is 48.0 Å². The molecular formula is C20H19FN2O4. The number of hydrogen-bond donors (Lipinski definition) is 1. The van der Waals surface area contributed by atoms with Crippen molar-refractivity contribution in [1.29, 1.82) is 0 Å². The van der Waals surface area contributed by atoms with E-state index in [2.05, 4.69) is 4.98 Å². The summed E-state index contributed by atoms with van der Waals surface area (Å²) < 4.78 is 24.6. The molecule has 7 heteroatoms. The first kappa shape index (κ1) is 18.6. The molecule has 2 aromatic heterocycles. The summed E-state index contributed by atoms with van der Waals surface area (Å²) in [6.07, 6.45) is 4.80. The van der Waals surface area contributed by atoms with E-state index in [0.29, 0.717) is 18.1 Å². The Morgan fingerprint density at radius 3 is 2.67 bits per heavy atom. The topological polar surface area (TPSA) is 75.8 Å².